The van der Waals surface area contributed by atoms with Crippen LogP contribution in [0, 0.1) is 11.3 Å². The van der Waals surface area contributed by atoms with Gasteiger partial charge in [0.2, 0.25) is 11.8 Å². The minimum absolute atomic E-state index is 0.00319. The highest BCUT2D eigenvalue weighted by molar-refractivity contribution is 7.98. The number of piperazine rings is 1. The molecule has 4 nitrogen and oxygen atoms in total. The first-order valence-corrected chi connectivity index (χ1v) is 9.23. The number of hydrogen-bond acceptors (Lipinski definition) is 3. The summed E-state index contributed by atoms with van der Waals surface area (Å²) in [5.41, 5.74) is -0.250. The summed E-state index contributed by atoms with van der Waals surface area (Å²) in [5.74, 6) is 1.27. The van der Waals surface area contributed by atoms with E-state index in [1.54, 1.807) is 11.8 Å². The van der Waals surface area contributed by atoms with Crippen LogP contribution in [0.4, 0.5) is 0 Å². The van der Waals surface area contributed by atoms with E-state index in [0.717, 1.165) is 18.6 Å². The summed E-state index contributed by atoms with van der Waals surface area (Å²) in [6.45, 7) is 10.8. The van der Waals surface area contributed by atoms with Crippen molar-refractivity contribution in [2.24, 2.45) is 11.3 Å². The molecule has 21 heavy (non-hydrogen) atoms. The molecule has 0 spiro atoms. The van der Waals surface area contributed by atoms with Crippen molar-refractivity contribution in [3.8, 4) is 0 Å². The zero-order valence-electron chi connectivity index (χ0n) is 14.2. The van der Waals surface area contributed by atoms with Crippen LogP contribution in [0.1, 0.15) is 47.5 Å². The summed E-state index contributed by atoms with van der Waals surface area (Å²) < 4.78 is 0. The minimum atomic E-state index is -0.368. The first kappa shape index (κ1) is 18.3. The van der Waals surface area contributed by atoms with E-state index >= 15 is 0 Å². The van der Waals surface area contributed by atoms with Crippen LogP contribution in [0.25, 0.3) is 0 Å². The van der Waals surface area contributed by atoms with Gasteiger partial charge in [0, 0.05) is 6.54 Å². The molecule has 0 aliphatic carbocycles. The van der Waals surface area contributed by atoms with Gasteiger partial charge in [-0.05, 0) is 29.8 Å². The van der Waals surface area contributed by atoms with Crippen LogP contribution >= 0.6 is 11.8 Å². The third-order valence-electron chi connectivity index (χ3n) is 4.19. The Morgan fingerprint density at radius 2 is 1.95 bits per heavy atom. The van der Waals surface area contributed by atoms with E-state index in [0.29, 0.717) is 6.54 Å². The fourth-order valence-electron chi connectivity index (χ4n) is 2.84. The summed E-state index contributed by atoms with van der Waals surface area (Å²) in [4.78, 5) is 27.2. The van der Waals surface area contributed by atoms with Gasteiger partial charge in [0.25, 0.3) is 0 Å². The van der Waals surface area contributed by atoms with Crippen molar-refractivity contribution in [2.75, 3.05) is 18.6 Å². The smallest absolute Gasteiger partial charge is 0.246 e. The summed E-state index contributed by atoms with van der Waals surface area (Å²) in [7, 11) is 0. The van der Waals surface area contributed by atoms with Crippen LogP contribution in [-0.4, -0.2) is 47.4 Å². The quantitative estimate of drug-likeness (QED) is 0.767. The van der Waals surface area contributed by atoms with E-state index in [-0.39, 0.29) is 35.2 Å². The molecule has 1 aliphatic rings. The Labute approximate surface area is 133 Å². The second kappa shape index (κ2) is 7.52. The Morgan fingerprint density at radius 1 is 1.33 bits per heavy atom. The number of hydrogen-bond donors (Lipinski definition) is 1. The summed E-state index contributed by atoms with van der Waals surface area (Å²) in [5, 5.41) is 2.96. The highest BCUT2D eigenvalue weighted by Gasteiger charge is 2.46. The molecule has 1 N–H and O–H groups in total. The maximum atomic E-state index is 12.8. The molecule has 2 amide bonds. The molecule has 5 heteroatoms. The predicted octanol–water partition coefficient (Wildman–Crippen LogP) is 2.53. The topological polar surface area (TPSA) is 49.4 Å². The third-order valence-corrected chi connectivity index (χ3v) is 4.88. The van der Waals surface area contributed by atoms with Gasteiger partial charge >= 0.3 is 0 Å². The van der Waals surface area contributed by atoms with Crippen molar-refractivity contribution >= 4 is 23.6 Å². The Kier molecular flexibility index (Phi) is 6.57. The second-order valence-corrected chi connectivity index (χ2v) is 8.00. The molecule has 1 saturated heterocycles. The molecule has 1 aliphatic heterocycles. The van der Waals surface area contributed by atoms with Crippen molar-refractivity contribution in [3.05, 3.63) is 0 Å². The Balaban J connectivity index is 2.99. The average molecular weight is 314 g/mol. The van der Waals surface area contributed by atoms with Gasteiger partial charge in [-0.15, -0.1) is 0 Å². The maximum Gasteiger partial charge on any atom is 0.246 e. The van der Waals surface area contributed by atoms with Gasteiger partial charge in [0.05, 0.1) is 0 Å². The lowest BCUT2D eigenvalue weighted by atomic mass is 9.81. The van der Waals surface area contributed by atoms with E-state index < -0.39 is 0 Å². The molecule has 0 radical (unpaired) electrons. The van der Waals surface area contributed by atoms with Gasteiger partial charge in [-0.3, -0.25) is 9.59 Å². The first-order chi connectivity index (χ1) is 9.73. The number of carbonyl (C=O) groups excluding carboxylic acids is 2. The zero-order chi connectivity index (χ0) is 16.2. The van der Waals surface area contributed by atoms with Crippen LogP contribution in [0.3, 0.4) is 0 Å². The van der Waals surface area contributed by atoms with E-state index in [2.05, 4.69) is 18.5 Å². The largest absolute Gasteiger partial charge is 0.342 e. The molecule has 0 aromatic rings. The molecule has 0 bridgehead atoms. The van der Waals surface area contributed by atoms with E-state index in [1.165, 1.54) is 0 Å². The number of rotatable bonds is 6. The van der Waals surface area contributed by atoms with Gasteiger partial charge in [0.15, 0.2) is 0 Å². The van der Waals surface area contributed by atoms with Crippen LogP contribution < -0.4 is 5.32 Å². The standard InChI is InChI=1S/C16H30N2O2S/c1-7-11(2)12-15(20)18(9-8-10-21-6)13(14(19)17-12)16(3,4)5/h11-13H,7-10H2,1-6H3,(H,17,19). The van der Waals surface area contributed by atoms with Crippen molar-refractivity contribution < 1.29 is 9.59 Å². The average Bonchev–Trinajstić information content (AvgIpc) is 2.40. The fraction of sp³-hybridized carbons (Fsp3) is 0.875. The van der Waals surface area contributed by atoms with Gasteiger partial charge in [-0.2, -0.15) is 11.8 Å². The van der Waals surface area contributed by atoms with E-state index in [1.807, 2.05) is 32.6 Å². The molecule has 3 atom stereocenters. The first-order valence-electron chi connectivity index (χ1n) is 7.83. The minimum Gasteiger partial charge on any atom is -0.342 e. The number of nitrogens with zero attached hydrogens (tertiary/aromatic N) is 1. The molecule has 1 heterocycles. The summed E-state index contributed by atoms with van der Waals surface area (Å²) >= 11 is 1.77. The Hall–Kier alpha value is -0.710. The van der Waals surface area contributed by atoms with Crippen LogP contribution in [-0.2, 0) is 9.59 Å². The predicted molar refractivity (Wildman–Crippen MR) is 89.3 cm³/mol. The van der Waals surface area contributed by atoms with Crippen LogP contribution in [0.2, 0.25) is 0 Å². The van der Waals surface area contributed by atoms with Crippen molar-refractivity contribution in [3.63, 3.8) is 0 Å². The van der Waals surface area contributed by atoms with Gasteiger partial charge in [0.1, 0.15) is 12.1 Å². The molecule has 1 fully saturated rings. The van der Waals surface area contributed by atoms with Gasteiger partial charge < -0.3 is 10.2 Å². The van der Waals surface area contributed by atoms with E-state index in [4.69, 9.17) is 0 Å². The lowest BCUT2D eigenvalue weighted by Gasteiger charge is -2.46. The van der Waals surface area contributed by atoms with Crippen molar-refractivity contribution in [1.82, 2.24) is 10.2 Å². The third kappa shape index (κ3) is 4.38. The molecule has 122 valence electrons. The molecule has 1 rings (SSSR count). The summed E-state index contributed by atoms with van der Waals surface area (Å²) in [6.07, 6.45) is 3.88. The summed E-state index contributed by atoms with van der Waals surface area (Å²) in [6, 6.07) is -0.734. The fourth-order valence-corrected chi connectivity index (χ4v) is 3.26. The van der Waals surface area contributed by atoms with Gasteiger partial charge in [-0.25, -0.2) is 0 Å². The van der Waals surface area contributed by atoms with Crippen LogP contribution in [0.15, 0.2) is 0 Å². The van der Waals surface area contributed by atoms with Crippen molar-refractivity contribution in [2.45, 2.75) is 59.5 Å². The molecule has 0 aromatic carbocycles. The lowest BCUT2D eigenvalue weighted by molar-refractivity contribution is -0.155. The number of carbonyl (C=O) groups is 2. The van der Waals surface area contributed by atoms with Crippen LogP contribution in [0.5, 0.6) is 0 Å². The van der Waals surface area contributed by atoms with Gasteiger partial charge in [-0.1, -0.05) is 41.0 Å². The Morgan fingerprint density at radius 3 is 2.43 bits per heavy atom. The highest BCUT2D eigenvalue weighted by atomic mass is 32.2. The van der Waals surface area contributed by atoms with Crippen molar-refractivity contribution in [1.29, 1.82) is 0 Å². The van der Waals surface area contributed by atoms with E-state index in [9.17, 15) is 9.59 Å². The number of amides is 2. The SMILES string of the molecule is CCC(C)C1NC(=O)C(C(C)(C)C)N(CCCSC)C1=O. The molecular formula is C16H30N2O2S. The normalized spacial score (nSPS) is 25.0. The maximum absolute atomic E-state index is 12.8. The molecular weight excluding hydrogens is 284 g/mol. The molecule has 0 saturated carbocycles. The zero-order valence-corrected chi connectivity index (χ0v) is 15.0. The number of nitrogens with one attached hydrogen (secondary N) is 1. The monoisotopic (exact) mass is 314 g/mol. The molecule has 3 unspecified atom stereocenters. The molecule has 0 aromatic heterocycles. The highest BCUT2D eigenvalue weighted by Crippen LogP contribution is 2.29. The lowest BCUT2D eigenvalue weighted by Crippen LogP contribution is -2.68. The Bertz CT molecular complexity index is 379. The number of thioether (sulfide) groups is 1. The second-order valence-electron chi connectivity index (χ2n) is 7.02.